The van der Waals surface area contributed by atoms with Crippen LogP contribution in [0.4, 0.5) is 5.69 Å². The molecular weight excluding hydrogens is 260 g/mol. The van der Waals surface area contributed by atoms with Gasteiger partial charge in [0.05, 0.1) is 6.54 Å². The van der Waals surface area contributed by atoms with Crippen LogP contribution >= 0.6 is 11.6 Å². The van der Waals surface area contributed by atoms with Gasteiger partial charge in [-0.1, -0.05) is 11.6 Å². The number of nitrogens with zero attached hydrogens (tertiary/aromatic N) is 3. The molecule has 0 aliphatic heterocycles. The van der Waals surface area contributed by atoms with E-state index in [1.54, 1.807) is 6.20 Å². The van der Waals surface area contributed by atoms with E-state index >= 15 is 0 Å². The van der Waals surface area contributed by atoms with Gasteiger partial charge in [-0.2, -0.15) is 0 Å². The summed E-state index contributed by atoms with van der Waals surface area (Å²) in [4.78, 5) is 8.88. The number of rotatable bonds is 3. The Morgan fingerprint density at radius 1 is 1.21 bits per heavy atom. The van der Waals surface area contributed by atoms with Gasteiger partial charge < -0.3 is 9.88 Å². The van der Waals surface area contributed by atoms with Crippen molar-refractivity contribution < 1.29 is 0 Å². The van der Waals surface area contributed by atoms with E-state index in [1.807, 2.05) is 48.0 Å². The second kappa shape index (κ2) is 4.90. The van der Waals surface area contributed by atoms with Crippen molar-refractivity contribution in [2.24, 2.45) is 7.05 Å². The molecule has 1 aromatic carbocycles. The maximum Gasteiger partial charge on any atom is 0.159 e. The summed E-state index contributed by atoms with van der Waals surface area (Å²) in [6.07, 6.45) is 1.78. The van der Waals surface area contributed by atoms with Crippen LogP contribution in [0.15, 0.2) is 42.6 Å². The summed E-state index contributed by atoms with van der Waals surface area (Å²) >= 11 is 5.85. The van der Waals surface area contributed by atoms with Crippen LogP contribution < -0.4 is 5.32 Å². The largest absolute Gasteiger partial charge is 0.378 e. The lowest BCUT2D eigenvalue weighted by Gasteiger charge is -2.06. The Morgan fingerprint density at radius 3 is 2.74 bits per heavy atom. The number of halogens is 1. The Labute approximate surface area is 116 Å². The summed E-state index contributed by atoms with van der Waals surface area (Å²) in [5.41, 5.74) is 2.83. The molecule has 0 spiro atoms. The van der Waals surface area contributed by atoms with Crippen molar-refractivity contribution >= 4 is 28.5 Å². The van der Waals surface area contributed by atoms with Gasteiger partial charge >= 0.3 is 0 Å². The maximum absolute atomic E-state index is 5.85. The van der Waals surface area contributed by atoms with Gasteiger partial charge in [-0.25, -0.2) is 9.97 Å². The van der Waals surface area contributed by atoms with Gasteiger partial charge in [0.1, 0.15) is 11.3 Å². The zero-order chi connectivity index (χ0) is 13.2. The quantitative estimate of drug-likeness (QED) is 0.796. The molecule has 5 heteroatoms. The molecule has 96 valence electrons. The molecule has 0 fully saturated rings. The number of hydrogen-bond donors (Lipinski definition) is 1. The monoisotopic (exact) mass is 272 g/mol. The van der Waals surface area contributed by atoms with E-state index in [1.165, 1.54) is 0 Å². The number of pyridine rings is 1. The van der Waals surface area contributed by atoms with Crippen LogP contribution in [0.5, 0.6) is 0 Å². The van der Waals surface area contributed by atoms with Crippen LogP contribution in [0.25, 0.3) is 11.2 Å². The number of aryl methyl sites for hydroxylation is 1. The van der Waals surface area contributed by atoms with E-state index in [0.29, 0.717) is 6.54 Å². The van der Waals surface area contributed by atoms with E-state index < -0.39 is 0 Å². The van der Waals surface area contributed by atoms with Gasteiger partial charge in [-0.15, -0.1) is 0 Å². The molecule has 3 rings (SSSR count). The number of benzene rings is 1. The molecule has 19 heavy (non-hydrogen) atoms. The van der Waals surface area contributed by atoms with Crippen LogP contribution in [0.1, 0.15) is 5.82 Å². The third kappa shape index (κ3) is 2.39. The second-order valence-electron chi connectivity index (χ2n) is 4.29. The molecule has 1 N–H and O–H groups in total. The molecule has 0 aliphatic rings. The van der Waals surface area contributed by atoms with Crippen molar-refractivity contribution in [2.45, 2.75) is 6.54 Å². The highest BCUT2D eigenvalue weighted by Crippen LogP contribution is 2.16. The van der Waals surface area contributed by atoms with Gasteiger partial charge in [0, 0.05) is 24.0 Å². The molecule has 0 amide bonds. The lowest BCUT2D eigenvalue weighted by Crippen LogP contribution is -2.06. The lowest BCUT2D eigenvalue weighted by molar-refractivity contribution is 0.826. The summed E-state index contributed by atoms with van der Waals surface area (Å²) < 4.78 is 2.00. The third-order valence-electron chi connectivity index (χ3n) is 3.02. The maximum atomic E-state index is 5.85. The van der Waals surface area contributed by atoms with Crippen molar-refractivity contribution in [1.29, 1.82) is 0 Å². The number of anilines is 1. The Hall–Kier alpha value is -2.07. The average molecular weight is 273 g/mol. The standard InChI is InChI=1S/C14H13ClN4/c1-19-13(18-12-3-2-8-16-14(12)19)9-17-11-6-4-10(15)5-7-11/h2-8,17H,9H2,1H3. The number of nitrogens with one attached hydrogen (secondary N) is 1. The minimum absolute atomic E-state index is 0.647. The third-order valence-corrected chi connectivity index (χ3v) is 3.27. The Bertz CT molecular complexity index is 703. The fraction of sp³-hybridized carbons (Fsp3) is 0.143. The van der Waals surface area contributed by atoms with Crippen LogP contribution in [0.2, 0.25) is 5.02 Å². The minimum Gasteiger partial charge on any atom is -0.378 e. The molecule has 0 unspecified atom stereocenters. The fourth-order valence-corrected chi connectivity index (χ4v) is 2.10. The molecule has 3 aromatic rings. The highest BCUT2D eigenvalue weighted by atomic mass is 35.5. The first-order valence-electron chi connectivity index (χ1n) is 6.00. The van der Waals surface area contributed by atoms with Crippen molar-refractivity contribution in [1.82, 2.24) is 14.5 Å². The van der Waals surface area contributed by atoms with Gasteiger partial charge in [0.2, 0.25) is 0 Å². The number of hydrogen-bond acceptors (Lipinski definition) is 3. The lowest BCUT2D eigenvalue weighted by atomic mass is 10.3. The van der Waals surface area contributed by atoms with Crippen LogP contribution in [-0.4, -0.2) is 14.5 Å². The highest BCUT2D eigenvalue weighted by molar-refractivity contribution is 6.30. The average Bonchev–Trinajstić information content (AvgIpc) is 2.76. The van der Waals surface area contributed by atoms with Crippen LogP contribution in [0.3, 0.4) is 0 Å². The minimum atomic E-state index is 0.647. The van der Waals surface area contributed by atoms with E-state index in [0.717, 1.165) is 27.7 Å². The smallest absolute Gasteiger partial charge is 0.159 e. The van der Waals surface area contributed by atoms with Crippen molar-refractivity contribution in [2.75, 3.05) is 5.32 Å². The highest BCUT2D eigenvalue weighted by Gasteiger charge is 2.07. The predicted octanol–water partition coefficient (Wildman–Crippen LogP) is 3.23. The van der Waals surface area contributed by atoms with Gasteiger partial charge in [-0.3, -0.25) is 0 Å². The van der Waals surface area contributed by atoms with E-state index in [9.17, 15) is 0 Å². The van der Waals surface area contributed by atoms with Gasteiger partial charge in [0.15, 0.2) is 5.65 Å². The summed E-state index contributed by atoms with van der Waals surface area (Å²) in [6.45, 7) is 0.647. The van der Waals surface area contributed by atoms with Gasteiger partial charge in [0.25, 0.3) is 0 Å². The van der Waals surface area contributed by atoms with Crippen molar-refractivity contribution in [3.63, 3.8) is 0 Å². The van der Waals surface area contributed by atoms with Crippen LogP contribution in [0, 0.1) is 0 Å². The van der Waals surface area contributed by atoms with Crippen molar-refractivity contribution in [3.8, 4) is 0 Å². The molecule has 4 nitrogen and oxygen atoms in total. The Kier molecular flexibility index (Phi) is 3.09. The molecule has 0 bridgehead atoms. The first kappa shape index (κ1) is 12.0. The molecular formula is C14H13ClN4. The van der Waals surface area contributed by atoms with E-state index in [-0.39, 0.29) is 0 Å². The van der Waals surface area contributed by atoms with Crippen LogP contribution in [-0.2, 0) is 13.6 Å². The normalized spacial score (nSPS) is 10.8. The number of fused-ring (bicyclic) bond motifs is 1. The van der Waals surface area contributed by atoms with Gasteiger partial charge in [-0.05, 0) is 36.4 Å². The predicted molar refractivity (Wildman–Crippen MR) is 77.3 cm³/mol. The zero-order valence-corrected chi connectivity index (χ0v) is 11.2. The first-order chi connectivity index (χ1) is 9.24. The molecule has 2 heterocycles. The summed E-state index contributed by atoms with van der Waals surface area (Å²) in [6, 6.07) is 11.5. The summed E-state index contributed by atoms with van der Waals surface area (Å²) in [7, 11) is 1.97. The Balaban J connectivity index is 1.82. The molecule has 0 saturated carbocycles. The molecule has 2 aromatic heterocycles. The summed E-state index contributed by atoms with van der Waals surface area (Å²) in [5, 5.41) is 4.05. The first-order valence-corrected chi connectivity index (χ1v) is 6.37. The SMILES string of the molecule is Cn1c(CNc2ccc(Cl)cc2)nc2cccnc21. The molecule has 0 saturated heterocycles. The fourth-order valence-electron chi connectivity index (χ4n) is 1.98. The number of aromatic nitrogens is 3. The molecule has 0 atom stereocenters. The van der Waals surface area contributed by atoms with E-state index in [4.69, 9.17) is 11.6 Å². The zero-order valence-electron chi connectivity index (χ0n) is 10.5. The molecule has 0 aliphatic carbocycles. The van der Waals surface area contributed by atoms with E-state index in [2.05, 4.69) is 15.3 Å². The second-order valence-corrected chi connectivity index (χ2v) is 4.73. The summed E-state index contributed by atoms with van der Waals surface area (Å²) in [5.74, 6) is 0.948. The number of imidazole rings is 1. The van der Waals surface area contributed by atoms with Crippen molar-refractivity contribution in [3.05, 3.63) is 53.4 Å². The topological polar surface area (TPSA) is 42.7 Å². The molecule has 0 radical (unpaired) electrons. The Morgan fingerprint density at radius 2 is 2.00 bits per heavy atom.